The van der Waals surface area contributed by atoms with Gasteiger partial charge in [-0.25, -0.2) is 4.57 Å². The summed E-state index contributed by atoms with van der Waals surface area (Å²) in [7, 11) is 1.66. The third-order valence-corrected chi connectivity index (χ3v) is 2.44. The Hall–Kier alpha value is -1.63. The lowest BCUT2D eigenvalue weighted by molar-refractivity contribution is -0.660. The first-order chi connectivity index (χ1) is 8.84. The van der Waals surface area contributed by atoms with Crippen molar-refractivity contribution >= 4 is 0 Å². The summed E-state index contributed by atoms with van der Waals surface area (Å²) in [6.07, 6.45) is -0.0454. The van der Waals surface area contributed by atoms with Crippen molar-refractivity contribution in [2.45, 2.75) is 13.8 Å². The van der Waals surface area contributed by atoms with Crippen LogP contribution >= 0.6 is 0 Å². The van der Waals surface area contributed by atoms with E-state index in [2.05, 4.69) is 0 Å². The molecular formula is C14H16N+. The van der Waals surface area contributed by atoms with Crippen molar-refractivity contribution in [3.05, 3.63) is 53.6 Å². The smallest absolute Gasteiger partial charge is 0.201 e. The molecule has 0 aliphatic heterocycles. The van der Waals surface area contributed by atoms with Crippen LogP contribution in [0.3, 0.4) is 0 Å². The van der Waals surface area contributed by atoms with E-state index >= 15 is 0 Å². The lowest BCUT2D eigenvalue weighted by atomic mass is 10.0. The Morgan fingerprint density at radius 3 is 2.73 bits per heavy atom. The number of aromatic nitrogens is 1. The highest BCUT2D eigenvalue weighted by molar-refractivity contribution is 5.61. The third kappa shape index (κ3) is 1.91. The van der Waals surface area contributed by atoms with E-state index in [1.54, 1.807) is 7.05 Å². The highest BCUT2D eigenvalue weighted by atomic mass is 14.9. The van der Waals surface area contributed by atoms with E-state index < -0.39 is 0 Å². The van der Waals surface area contributed by atoms with Gasteiger partial charge in [0.25, 0.3) is 0 Å². The van der Waals surface area contributed by atoms with Crippen molar-refractivity contribution in [3.63, 3.8) is 0 Å². The Kier molecular flexibility index (Phi) is 1.56. The average molecular weight is 202 g/mol. The predicted molar refractivity (Wildman–Crippen MR) is 62.5 cm³/mol. The molecule has 1 aromatic carbocycles. The van der Waals surface area contributed by atoms with Gasteiger partial charge >= 0.3 is 0 Å². The summed E-state index contributed by atoms with van der Waals surface area (Å²) in [5, 5.41) is 0. The number of rotatable bonds is 1. The van der Waals surface area contributed by atoms with E-state index in [1.165, 1.54) is 4.57 Å². The molecule has 0 spiro atoms. The van der Waals surface area contributed by atoms with Gasteiger partial charge in [-0.2, -0.15) is 0 Å². The predicted octanol–water partition coefficient (Wildman–Crippen LogP) is 2.79. The quantitative estimate of drug-likeness (QED) is 0.626. The van der Waals surface area contributed by atoms with E-state index in [4.69, 9.17) is 5.48 Å². The standard InChI is InChI=1S/C14H16N/c1-11-7-8-13(12(2)10-11)14-6-4-5-9-15(14)3/h4-10H,1-3H3/q+1/i4D,5D,6D,9D. The minimum Gasteiger partial charge on any atom is -0.201 e. The van der Waals surface area contributed by atoms with Crippen molar-refractivity contribution in [2.24, 2.45) is 7.05 Å². The molecule has 1 heterocycles. The summed E-state index contributed by atoms with van der Waals surface area (Å²) >= 11 is 0. The molecule has 2 rings (SSSR count). The first-order valence-corrected chi connectivity index (χ1v) is 4.88. The molecule has 0 N–H and O–H groups in total. The molecule has 0 fully saturated rings. The Labute approximate surface area is 96.6 Å². The van der Waals surface area contributed by atoms with E-state index in [-0.39, 0.29) is 24.3 Å². The molecule has 0 aliphatic rings. The van der Waals surface area contributed by atoms with Crippen molar-refractivity contribution in [3.8, 4) is 11.3 Å². The van der Waals surface area contributed by atoms with Crippen LogP contribution in [0.5, 0.6) is 0 Å². The Morgan fingerprint density at radius 1 is 1.20 bits per heavy atom. The zero-order valence-corrected chi connectivity index (χ0v) is 9.18. The molecule has 0 aliphatic carbocycles. The first kappa shape index (κ1) is 6.06. The number of pyridine rings is 1. The Bertz CT molecular complexity index is 636. The van der Waals surface area contributed by atoms with Crippen LogP contribution < -0.4 is 4.57 Å². The molecule has 0 amide bonds. The molecule has 1 heteroatoms. The number of nitrogens with zero attached hydrogens (tertiary/aromatic N) is 1. The second kappa shape index (κ2) is 3.85. The fraction of sp³-hybridized carbons (Fsp3) is 0.214. The minimum atomic E-state index is -0.207. The van der Waals surface area contributed by atoms with Crippen molar-refractivity contribution in [1.29, 1.82) is 0 Å². The summed E-state index contributed by atoms with van der Waals surface area (Å²) in [6, 6.07) is 5.45. The van der Waals surface area contributed by atoms with Crippen molar-refractivity contribution in [2.75, 3.05) is 0 Å². The fourth-order valence-electron chi connectivity index (χ4n) is 1.67. The van der Waals surface area contributed by atoms with Crippen molar-refractivity contribution in [1.82, 2.24) is 0 Å². The molecule has 1 aromatic heterocycles. The maximum atomic E-state index is 8.05. The van der Waals surface area contributed by atoms with Gasteiger partial charge in [0.05, 0.1) is 4.11 Å². The van der Waals surface area contributed by atoms with Gasteiger partial charge in [-0.3, -0.25) is 0 Å². The summed E-state index contributed by atoms with van der Waals surface area (Å²) in [5.41, 5.74) is 3.48. The minimum absolute atomic E-state index is 0.00421. The monoisotopic (exact) mass is 202 g/mol. The normalized spacial score (nSPS) is 14.1. The maximum absolute atomic E-state index is 8.05. The van der Waals surface area contributed by atoms with Crippen LogP contribution in [0.1, 0.15) is 16.6 Å². The summed E-state index contributed by atoms with van der Waals surface area (Å²) in [6.45, 7) is 3.95. The topological polar surface area (TPSA) is 3.88 Å². The molecular weight excluding hydrogens is 182 g/mol. The fourth-order valence-corrected chi connectivity index (χ4v) is 1.67. The lowest BCUT2D eigenvalue weighted by Gasteiger charge is -2.04. The first-order valence-electron chi connectivity index (χ1n) is 6.88. The molecule has 0 unspecified atom stereocenters. The SMILES string of the molecule is [2H]c1c([2H])c([2H])[n+](C)c(-c2ccc(C)cc2C)c1[2H]. The van der Waals surface area contributed by atoms with Gasteiger partial charge in [-0.05, 0) is 31.5 Å². The van der Waals surface area contributed by atoms with Crippen LogP contribution in [-0.4, -0.2) is 0 Å². The van der Waals surface area contributed by atoms with E-state index in [0.717, 1.165) is 16.7 Å². The number of hydrogen-bond donors (Lipinski definition) is 0. The molecule has 0 atom stereocenters. The van der Waals surface area contributed by atoms with Gasteiger partial charge in [-0.1, -0.05) is 17.7 Å². The molecule has 76 valence electrons. The third-order valence-electron chi connectivity index (χ3n) is 2.44. The lowest BCUT2D eigenvalue weighted by Crippen LogP contribution is -2.30. The Balaban J connectivity index is 2.83. The van der Waals surface area contributed by atoms with Crippen LogP contribution in [0.15, 0.2) is 42.5 Å². The maximum Gasteiger partial charge on any atom is 0.212 e. The molecule has 0 radical (unpaired) electrons. The Morgan fingerprint density at radius 2 is 2.00 bits per heavy atom. The number of benzene rings is 1. The van der Waals surface area contributed by atoms with Crippen LogP contribution in [0, 0.1) is 13.8 Å². The van der Waals surface area contributed by atoms with Crippen LogP contribution in [-0.2, 0) is 7.05 Å². The van der Waals surface area contributed by atoms with Crippen LogP contribution in [0.4, 0.5) is 0 Å². The second-order valence-electron chi connectivity index (χ2n) is 3.71. The number of hydrogen-bond acceptors (Lipinski definition) is 0. The largest absolute Gasteiger partial charge is 0.212 e. The molecule has 15 heavy (non-hydrogen) atoms. The summed E-state index contributed by atoms with van der Waals surface area (Å²) in [5.74, 6) is 0. The van der Waals surface area contributed by atoms with E-state index in [0.29, 0.717) is 5.69 Å². The van der Waals surface area contributed by atoms with Gasteiger partial charge in [0.1, 0.15) is 8.42 Å². The summed E-state index contributed by atoms with van der Waals surface area (Å²) < 4.78 is 32.8. The van der Waals surface area contributed by atoms with Crippen LogP contribution in [0.2, 0.25) is 0 Å². The highest BCUT2D eigenvalue weighted by Gasteiger charge is 2.10. The van der Waals surface area contributed by atoms with Gasteiger partial charge < -0.3 is 0 Å². The molecule has 0 bridgehead atoms. The molecule has 0 saturated heterocycles. The summed E-state index contributed by atoms with van der Waals surface area (Å²) in [4.78, 5) is 0. The second-order valence-corrected chi connectivity index (χ2v) is 3.71. The molecule has 2 aromatic rings. The average Bonchev–Trinajstić information content (AvgIpc) is 2.37. The van der Waals surface area contributed by atoms with Gasteiger partial charge in [0, 0.05) is 17.6 Å². The zero-order valence-electron chi connectivity index (χ0n) is 13.2. The van der Waals surface area contributed by atoms with Gasteiger partial charge in [0.15, 0.2) is 6.17 Å². The van der Waals surface area contributed by atoms with Crippen LogP contribution in [0.25, 0.3) is 11.3 Å². The van der Waals surface area contributed by atoms with Gasteiger partial charge in [-0.15, -0.1) is 0 Å². The zero-order chi connectivity index (χ0) is 14.3. The number of aryl methyl sites for hydroxylation is 2. The molecule has 0 saturated carbocycles. The van der Waals surface area contributed by atoms with E-state index in [1.807, 2.05) is 32.0 Å². The highest BCUT2D eigenvalue weighted by Crippen LogP contribution is 2.20. The van der Waals surface area contributed by atoms with Gasteiger partial charge in [0.2, 0.25) is 5.69 Å². The van der Waals surface area contributed by atoms with Crippen molar-refractivity contribution < 1.29 is 10.1 Å². The van der Waals surface area contributed by atoms with E-state index in [9.17, 15) is 0 Å². The molecule has 1 nitrogen and oxygen atoms in total.